The highest BCUT2D eigenvalue weighted by Gasteiger charge is 2.45. The lowest BCUT2D eigenvalue weighted by atomic mass is 9.84. The topological polar surface area (TPSA) is 160 Å². The number of carbonyl (C=O) groups excluding carboxylic acids is 4. The summed E-state index contributed by atoms with van der Waals surface area (Å²) in [6.07, 6.45) is 4.17. The Morgan fingerprint density at radius 2 is 1.91 bits per heavy atom. The van der Waals surface area contributed by atoms with Crippen LogP contribution in [0.5, 0.6) is 0 Å². The van der Waals surface area contributed by atoms with Gasteiger partial charge in [0.15, 0.2) is 0 Å². The van der Waals surface area contributed by atoms with E-state index < -0.39 is 34.9 Å². The van der Waals surface area contributed by atoms with E-state index in [-0.39, 0.29) is 42.6 Å². The van der Waals surface area contributed by atoms with E-state index in [2.05, 4.69) is 60.3 Å². The van der Waals surface area contributed by atoms with Crippen LogP contribution in [-0.4, -0.2) is 131 Å². The number of pyridine rings is 1. The number of hydrogen-bond acceptors (Lipinski definition) is 11. The van der Waals surface area contributed by atoms with Gasteiger partial charge in [-0.15, -0.1) is 11.3 Å². The Labute approximate surface area is 387 Å². The SMILES string of the molecule is CCn1c(-c2cccnc2[C@H](C)OC)c2c3cc(ccc31)-c1csc(n1)C[C@H](NC(=O)[C@H](C(C)C)N(C)C(=O)N1CC(C(C)(C)OC)C1)C(=O)N1CCCC(C=O)(COCC(C)(C)C2)N1. The molecule has 65 heavy (non-hydrogen) atoms. The lowest BCUT2D eigenvalue weighted by Gasteiger charge is -2.48. The predicted molar refractivity (Wildman–Crippen MR) is 252 cm³/mol. The van der Waals surface area contributed by atoms with Gasteiger partial charge in [-0.3, -0.25) is 19.6 Å². The van der Waals surface area contributed by atoms with E-state index in [1.807, 2.05) is 46.1 Å². The second-order valence-corrected chi connectivity index (χ2v) is 20.8. The third-order valence-electron chi connectivity index (χ3n) is 13.8. The summed E-state index contributed by atoms with van der Waals surface area (Å²) in [5.74, 6) is -0.952. The average Bonchev–Trinajstić information content (AvgIpc) is 3.86. The first-order valence-electron chi connectivity index (χ1n) is 22.9. The van der Waals surface area contributed by atoms with Crippen LogP contribution in [-0.2, 0) is 48.0 Å². The van der Waals surface area contributed by atoms with Gasteiger partial charge in [0.25, 0.3) is 5.91 Å². The number of fused-ring (bicyclic) bond motifs is 6. The molecule has 1 aromatic carbocycles. The number of hydrazine groups is 1. The lowest BCUT2D eigenvalue weighted by molar-refractivity contribution is -0.147. The molecule has 352 valence electrons. The zero-order valence-electron chi connectivity index (χ0n) is 40.0. The first kappa shape index (κ1) is 48.2. The second-order valence-electron chi connectivity index (χ2n) is 19.8. The third-order valence-corrected chi connectivity index (χ3v) is 14.7. The summed E-state index contributed by atoms with van der Waals surface area (Å²) < 4.78 is 20.3. The van der Waals surface area contributed by atoms with E-state index in [4.69, 9.17) is 24.2 Å². The fourth-order valence-electron chi connectivity index (χ4n) is 9.68. The Bertz CT molecular complexity index is 2390. The van der Waals surface area contributed by atoms with Gasteiger partial charge in [-0.1, -0.05) is 33.8 Å². The molecule has 15 nitrogen and oxygen atoms in total. The van der Waals surface area contributed by atoms with Crippen LogP contribution in [0.2, 0.25) is 0 Å². The van der Waals surface area contributed by atoms with Crippen molar-refractivity contribution in [3.63, 3.8) is 0 Å². The van der Waals surface area contributed by atoms with Crippen LogP contribution in [0.15, 0.2) is 41.9 Å². The Balaban J connectivity index is 1.27. The van der Waals surface area contributed by atoms with Crippen molar-refractivity contribution < 1.29 is 33.4 Å². The Morgan fingerprint density at radius 1 is 1.15 bits per heavy atom. The molecule has 4 atom stereocenters. The van der Waals surface area contributed by atoms with Crippen molar-refractivity contribution >= 4 is 46.4 Å². The summed E-state index contributed by atoms with van der Waals surface area (Å²) in [7, 11) is 5.01. The molecular formula is C49H68N8O7S. The molecule has 3 aliphatic heterocycles. The molecule has 16 heteroatoms. The number of urea groups is 1. The fraction of sp³-hybridized carbons (Fsp3) is 0.592. The lowest BCUT2D eigenvalue weighted by Crippen LogP contribution is -2.67. The summed E-state index contributed by atoms with van der Waals surface area (Å²) >= 11 is 1.43. The maximum atomic E-state index is 14.7. The minimum atomic E-state index is -1.17. The van der Waals surface area contributed by atoms with Gasteiger partial charge in [0.05, 0.1) is 47.0 Å². The van der Waals surface area contributed by atoms with Crippen molar-refractivity contribution in [1.29, 1.82) is 0 Å². The number of ether oxygens (including phenoxy) is 3. The summed E-state index contributed by atoms with van der Waals surface area (Å²) in [5, 5.41) is 8.26. The summed E-state index contributed by atoms with van der Waals surface area (Å²) in [4.78, 5) is 69.2. The highest BCUT2D eigenvalue weighted by atomic mass is 32.1. The standard InChI is InChI=1S/C49H68N8O7S/c1-12-56-39-17-16-32-21-35(39)36(43(56)34-15-13-19-50-41(34)31(4)62-10)23-47(5,6)28-64-29-49(27-58)18-14-20-57(53-49)45(60)37(22-40-51-38(32)26-65-40)52-44(59)42(30(2)3)54(9)46(61)55-24-33(25-55)48(7,8)63-11/h13,15-17,19,21,26-27,30-31,33,37,42,53H,12,14,18,20,22-25,28-29H2,1-11H3,(H,52,59)/t31-,37-,42-,49?/m0/s1. The van der Waals surface area contributed by atoms with E-state index in [0.717, 1.165) is 57.5 Å². The molecule has 7 rings (SSSR count). The summed E-state index contributed by atoms with van der Waals surface area (Å²) in [6, 6.07) is 8.35. The molecule has 2 fully saturated rings. The molecule has 0 radical (unpaired) electrons. The molecule has 2 saturated heterocycles. The Kier molecular flexibility index (Phi) is 14.3. The van der Waals surface area contributed by atoms with Crippen molar-refractivity contribution in [1.82, 2.24) is 40.1 Å². The van der Waals surface area contributed by atoms with Crippen LogP contribution in [0.25, 0.3) is 33.4 Å². The molecule has 0 aliphatic carbocycles. The first-order chi connectivity index (χ1) is 30.9. The van der Waals surface area contributed by atoms with Gasteiger partial charge in [-0.05, 0) is 88.1 Å². The Hall–Kier alpha value is -4.74. The van der Waals surface area contributed by atoms with Gasteiger partial charge < -0.3 is 38.7 Å². The predicted octanol–water partition coefficient (Wildman–Crippen LogP) is 6.68. The van der Waals surface area contributed by atoms with Crippen molar-refractivity contribution in [3.8, 4) is 22.5 Å². The molecule has 6 bridgehead atoms. The number of aryl methyl sites for hydroxylation is 1. The molecule has 2 N–H and O–H groups in total. The number of carbonyl (C=O) groups is 4. The van der Waals surface area contributed by atoms with E-state index in [1.165, 1.54) is 21.2 Å². The second kappa shape index (κ2) is 19.2. The smallest absolute Gasteiger partial charge is 0.320 e. The maximum Gasteiger partial charge on any atom is 0.320 e. The van der Waals surface area contributed by atoms with Gasteiger partial charge >= 0.3 is 6.03 Å². The molecule has 0 saturated carbocycles. The zero-order valence-corrected chi connectivity index (χ0v) is 40.8. The number of likely N-dealkylation sites (tertiary alicyclic amines) is 1. The molecule has 4 amide bonds. The van der Waals surface area contributed by atoms with E-state index >= 15 is 0 Å². The van der Waals surface area contributed by atoms with Gasteiger partial charge in [-0.25, -0.2) is 15.2 Å². The number of aromatic nitrogens is 3. The molecular weight excluding hydrogens is 845 g/mol. The highest BCUT2D eigenvalue weighted by molar-refractivity contribution is 7.10. The van der Waals surface area contributed by atoms with Gasteiger partial charge in [-0.2, -0.15) is 0 Å². The molecule has 3 aromatic heterocycles. The van der Waals surface area contributed by atoms with E-state index in [0.29, 0.717) is 50.5 Å². The van der Waals surface area contributed by atoms with Crippen molar-refractivity contribution in [3.05, 3.63) is 58.2 Å². The van der Waals surface area contributed by atoms with Gasteiger partial charge in [0.1, 0.15) is 23.9 Å². The fourth-order valence-corrected chi connectivity index (χ4v) is 10.5. The molecule has 6 heterocycles. The average molecular weight is 913 g/mol. The number of likely N-dealkylation sites (N-methyl/N-ethyl adjacent to an activating group) is 1. The summed E-state index contributed by atoms with van der Waals surface area (Å²) in [5.41, 5.74) is 8.16. The minimum Gasteiger partial charge on any atom is -0.378 e. The van der Waals surface area contributed by atoms with E-state index in [9.17, 15) is 19.2 Å². The summed E-state index contributed by atoms with van der Waals surface area (Å²) in [6.45, 7) is 18.8. The van der Waals surface area contributed by atoms with Crippen LogP contribution >= 0.6 is 11.3 Å². The van der Waals surface area contributed by atoms with Gasteiger partial charge in [0, 0.05) is 93.4 Å². The molecule has 0 spiro atoms. The monoisotopic (exact) mass is 912 g/mol. The zero-order chi connectivity index (χ0) is 47.0. The minimum absolute atomic E-state index is 0.0453. The largest absolute Gasteiger partial charge is 0.378 e. The number of thiazole rings is 1. The molecule has 3 aliphatic rings. The number of hydrogen-bond donors (Lipinski definition) is 2. The van der Waals surface area contributed by atoms with Gasteiger partial charge in [0.2, 0.25) is 5.91 Å². The first-order valence-corrected chi connectivity index (χ1v) is 23.8. The number of amides is 4. The quantitative estimate of drug-likeness (QED) is 0.156. The van der Waals surface area contributed by atoms with Crippen LogP contribution in [0.4, 0.5) is 4.79 Å². The molecule has 1 unspecified atom stereocenters. The van der Waals surface area contributed by atoms with Crippen molar-refractivity contribution in [2.75, 3.05) is 54.1 Å². The number of rotatable bonds is 11. The maximum absolute atomic E-state index is 14.7. The van der Waals surface area contributed by atoms with Crippen molar-refractivity contribution in [2.45, 2.75) is 117 Å². The van der Waals surface area contributed by atoms with Crippen molar-refractivity contribution in [2.24, 2.45) is 17.3 Å². The third kappa shape index (κ3) is 9.74. The highest BCUT2D eigenvalue weighted by Crippen LogP contribution is 2.42. The van der Waals surface area contributed by atoms with Crippen LogP contribution in [0, 0.1) is 17.3 Å². The van der Waals surface area contributed by atoms with E-state index in [1.54, 1.807) is 32.4 Å². The van der Waals surface area contributed by atoms with Crippen LogP contribution < -0.4 is 10.7 Å². The number of nitrogens with zero attached hydrogens (tertiary/aromatic N) is 6. The number of benzene rings is 1. The van der Waals surface area contributed by atoms with Crippen LogP contribution in [0.3, 0.4) is 0 Å². The number of aldehydes is 1. The molecule has 4 aromatic rings. The number of nitrogens with one attached hydrogen (secondary N) is 2. The van der Waals surface area contributed by atoms with Crippen LogP contribution in [0.1, 0.15) is 90.6 Å². The normalized spacial score (nSPS) is 21.7. The Morgan fingerprint density at radius 3 is 2.58 bits per heavy atom. The number of methoxy groups -OCH3 is 2.